The summed E-state index contributed by atoms with van der Waals surface area (Å²) in [5.74, 6) is 0. The first-order chi connectivity index (χ1) is 10.1. The summed E-state index contributed by atoms with van der Waals surface area (Å²) >= 11 is 0.833. The zero-order valence-corrected chi connectivity index (χ0v) is 21.5. The number of hydrogen-bond donors (Lipinski definition) is 0. The first-order valence-corrected chi connectivity index (χ1v) is 12.9. The van der Waals surface area contributed by atoms with E-state index in [1.54, 1.807) is 0 Å². The van der Waals surface area contributed by atoms with Crippen LogP contribution >= 0.6 is 0 Å². The van der Waals surface area contributed by atoms with Crippen LogP contribution in [0.1, 0.15) is 124 Å². The van der Waals surface area contributed by atoms with Gasteiger partial charge in [0.2, 0.25) is 0 Å². The first kappa shape index (κ1) is 21.8. The van der Waals surface area contributed by atoms with Gasteiger partial charge in [0, 0.05) is 0 Å². The summed E-state index contributed by atoms with van der Waals surface area (Å²) in [7, 11) is 0. The molecule has 0 fully saturated rings. The predicted molar refractivity (Wildman–Crippen MR) is 104 cm³/mol. The van der Waals surface area contributed by atoms with Gasteiger partial charge in [0.1, 0.15) is 0 Å². The van der Waals surface area contributed by atoms with Crippen molar-refractivity contribution in [1.82, 2.24) is 0 Å². The quantitative estimate of drug-likeness (QED) is 0.196. The van der Waals surface area contributed by atoms with Crippen molar-refractivity contribution in [3.05, 3.63) is 0 Å². The molecular weight excluding hydrogens is 359 g/mol. The van der Waals surface area contributed by atoms with Gasteiger partial charge in [0.25, 0.3) is 0 Å². The van der Waals surface area contributed by atoms with Gasteiger partial charge in [-0.1, -0.05) is 39.0 Å². The molecule has 21 heavy (non-hydrogen) atoms. The molecule has 0 aliphatic carbocycles. The molecule has 0 atom stereocenters. The third-order valence-electron chi connectivity index (χ3n) is 4.53. The van der Waals surface area contributed by atoms with Crippen LogP contribution in [0.5, 0.6) is 0 Å². The van der Waals surface area contributed by atoms with Gasteiger partial charge in [-0.2, -0.15) is 0 Å². The Balaban J connectivity index is 3.00. The molecule has 0 unspecified atom stereocenters. The fourth-order valence-electron chi connectivity index (χ4n) is 3.03. The molecule has 0 bridgehead atoms. The second-order valence-electron chi connectivity index (χ2n) is 8.26. The molecule has 0 aliphatic rings. The van der Waals surface area contributed by atoms with Crippen LogP contribution in [0, 0.1) is 0 Å². The fraction of sp³-hybridized carbons (Fsp3) is 1.00. The maximum absolute atomic E-state index is 2.45. The Bertz CT molecular complexity index is 193. The number of rotatable bonds is 16. The van der Waals surface area contributed by atoms with E-state index < -0.39 is 0 Å². The van der Waals surface area contributed by atoms with Gasteiger partial charge < -0.3 is 0 Å². The molecule has 0 aromatic carbocycles. The molecule has 0 aromatic rings. The molecule has 0 spiro atoms. The average Bonchev–Trinajstić information content (AvgIpc) is 2.42. The Kier molecular flexibility index (Phi) is 16.3. The molecule has 0 saturated carbocycles. The van der Waals surface area contributed by atoms with Crippen LogP contribution in [-0.4, -0.2) is 22.5 Å². The first-order valence-electron chi connectivity index (χ1n) is 10.1. The average molecular weight is 403 g/mol. The van der Waals surface area contributed by atoms with Crippen molar-refractivity contribution in [2.75, 3.05) is 0 Å². The Labute approximate surface area is 149 Å². The van der Waals surface area contributed by atoms with E-state index in [1.807, 2.05) is 0 Å². The zero-order chi connectivity index (χ0) is 15.8. The molecule has 0 radical (unpaired) electrons. The van der Waals surface area contributed by atoms with Crippen molar-refractivity contribution < 1.29 is 0 Å². The molecule has 0 aliphatic heterocycles. The van der Waals surface area contributed by atoms with Crippen LogP contribution in [0.3, 0.4) is 0 Å². The summed E-state index contributed by atoms with van der Waals surface area (Å²) in [6.45, 7) is 7.20. The van der Waals surface area contributed by atoms with Crippen molar-refractivity contribution in [3.8, 4) is 0 Å². The van der Waals surface area contributed by atoms with E-state index >= 15 is 0 Å². The van der Waals surface area contributed by atoms with Gasteiger partial charge in [-0.25, -0.2) is 0 Å². The minimum absolute atomic E-state index is 0.748. The monoisotopic (exact) mass is 404 g/mol. The Hall–Kier alpha value is 0.799. The van der Waals surface area contributed by atoms with Crippen LogP contribution < -0.4 is 0 Å². The van der Waals surface area contributed by atoms with Crippen molar-refractivity contribution >= 4 is 22.5 Å². The van der Waals surface area contributed by atoms with Gasteiger partial charge >= 0.3 is 110 Å². The van der Waals surface area contributed by atoms with Crippen molar-refractivity contribution in [3.63, 3.8) is 0 Å². The molecule has 1 heteroatoms. The summed E-state index contributed by atoms with van der Waals surface area (Å²) in [5, 5.41) is 0. The van der Waals surface area contributed by atoms with Gasteiger partial charge in [-0.3, -0.25) is 0 Å². The van der Waals surface area contributed by atoms with E-state index in [2.05, 4.69) is 20.8 Å². The van der Waals surface area contributed by atoms with E-state index in [0.717, 1.165) is 26.0 Å². The molecular formula is C20H44Sn. The molecule has 0 aromatic heterocycles. The number of unbranched alkanes of at least 4 members (excludes halogenated alkanes) is 14. The van der Waals surface area contributed by atoms with E-state index in [1.165, 1.54) is 103 Å². The Morgan fingerprint density at radius 3 is 1.10 bits per heavy atom. The summed E-state index contributed by atoms with van der Waals surface area (Å²) in [5.41, 5.74) is 0. The third-order valence-corrected chi connectivity index (χ3v) is 5.96. The van der Waals surface area contributed by atoms with Crippen molar-refractivity contribution in [2.24, 2.45) is 0 Å². The van der Waals surface area contributed by atoms with Gasteiger partial charge in [-0.15, -0.1) is 0 Å². The summed E-state index contributed by atoms with van der Waals surface area (Å²) < 4.78 is 0.748. The fourth-order valence-corrected chi connectivity index (χ4v) is 4.04. The second-order valence-corrected chi connectivity index (χ2v) is 16.0. The zero-order valence-electron chi connectivity index (χ0n) is 15.8. The van der Waals surface area contributed by atoms with Crippen molar-refractivity contribution in [2.45, 2.75) is 127 Å². The summed E-state index contributed by atoms with van der Waals surface area (Å²) in [6, 6.07) is 0. The van der Waals surface area contributed by atoms with Gasteiger partial charge in [-0.05, 0) is 0 Å². The third kappa shape index (κ3) is 20.8. The molecule has 0 heterocycles. The summed E-state index contributed by atoms with van der Waals surface area (Å²) in [4.78, 5) is 0. The molecule has 128 valence electrons. The van der Waals surface area contributed by atoms with Crippen LogP contribution in [-0.2, 0) is 0 Å². The molecule has 0 amide bonds. The Morgan fingerprint density at radius 2 is 0.810 bits per heavy atom. The van der Waals surface area contributed by atoms with Crippen LogP contribution in [0.25, 0.3) is 0 Å². The van der Waals surface area contributed by atoms with Gasteiger partial charge in [0.05, 0.1) is 0 Å². The number of hydrogen-bond acceptors (Lipinski definition) is 0. The van der Waals surface area contributed by atoms with Crippen LogP contribution in [0.2, 0.25) is 3.43 Å². The minimum atomic E-state index is 0.748. The van der Waals surface area contributed by atoms with Crippen LogP contribution in [0.15, 0.2) is 0 Å². The van der Waals surface area contributed by atoms with E-state index in [0.29, 0.717) is 0 Å². The normalized spacial score (nSPS) is 12.1. The SMILES string of the molecule is CCCCCCCCCCCCCCCCC[C](C)(C)[SnH3]. The van der Waals surface area contributed by atoms with E-state index in [9.17, 15) is 0 Å². The topological polar surface area (TPSA) is 0 Å². The van der Waals surface area contributed by atoms with Crippen molar-refractivity contribution in [1.29, 1.82) is 0 Å². The van der Waals surface area contributed by atoms with Gasteiger partial charge in [0.15, 0.2) is 0 Å². The van der Waals surface area contributed by atoms with E-state index in [-0.39, 0.29) is 0 Å². The molecule has 0 saturated heterocycles. The molecule has 0 rings (SSSR count). The van der Waals surface area contributed by atoms with Crippen LogP contribution in [0.4, 0.5) is 0 Å². The molecule has 0 nitrogen and oxygen atoms in total. The maximum atomic E-state index is 2.45. The second kappa shape index (κ2) is 15.7. The Morgan fingerprint density at radius 1 is 0.524 bits per heavy atom. The molecule has 0 N–H and O–H groups in total. The summed E-state index contributed by atoms with van der Waals surface area (Å²) in [6.07, 6.45) is 23.6. The standard InChI is InChI=1S/C20H41.Sn.3H/c1-4-5-6-7-8-9-10-11-12-13-14-15-16-17-18-19-20(2)3;;;;/h4-19H2,1-3H3;;;;. The van der Waals surface area contributed by atoms with E-state index in [4.69, 9.17) is 0 Å². The predicted octanol–water partition coefficient (Wildman–Crippen LogP) is 6.81.